The molecule has 0 saturated heterocycles. The molecule has 4 aliphatic carbocycles. The maximum absolute atomic E-state index is 3.39. The summed E-state index contributed by atoms with van der Waals surface area (Å²) in [6.07, 6.45) is 22.6. The van der Waals surface area contributed by atoms with Gasteiger partial charge in [-0.15, -0.1) is 22.3 Å². The molecule has 0 heterocycles. The van der Waals surface area contributed by atoms with Crippen LogP contribution in [0.2, 0.25) is 13.1 Å². The third-order valence-corrected chi connectivity index (χ3v) is 20.4. The van der Waals surface area contributed by atoms with Crippen LogP contribution in [0.1, 0.15) is 77.6 Å². The molecule has 4 aliphatic rings. The molecule has 0 nitrogen and oxygen atoms in total. The van der Waals surface area contributed by atoms with Gasteiger partial charge in [-0.1, -0.05) is 200 Å². The van der Waals surface area contributed by atoms with E-state index in [1.807, 2.05) is 24.3 Å². The second-order valence-electron chi connectivity index (χ2n) is 18.0. The molecule has 364 valence electrons. The number of hydrogen-bond acceptors (Lipinski definition) is 0. The first-order chi connectivity index (χ1) is 33.7. The Hall–Kier alpha value is -4.01. The Morgan fingerprint density at radius 3 is 0.597 bits per heavy atom. The van der Waals surface area contributed by atoms with E-state index in [-0.39, 0.29) is 35.8 Å². The number of halogens is 2. The number of allylic oxidation sites excluding steroid dienone is 16. The second-order valence-corrected chi connectivity index (χ2v) is 37.8. The summed E-state index contributed by atoms with van der Waals surface area (Å²) in [5, 5.41) is 3.16. The predicted octanol–water partition coefficient (Wildman–Crippen LogP) is 10.0. The Morgan fingerprint density at radius 2 is 0.472 bits per heavy atom. The molecule has 0 radical (unpaired) electrons. The zero-order chi connectivity index (χ0) is 50.4. The van der Waals surface area contributed by atoms with E-state index in [9.17, 15) is 0 Å². The van der Waals surface area contributed by atoms with Gasteiger partial charge < -0.3 is 24.8 Å². The van der Waals surface area contributed by atoms with Crippen LogP contribution in [0, 0.1) is 48.0 Å². The molecule has 0 spiro atoms. The Kier molecular flexibility index (Phi) is 28.6. The van der Waals surface area contributed by atoms with Gasteiger partial charge >= 0.3 is 141 Å². The Bertz CT molecular complexity index is 2530. The van der Waals surface area contributed by atoms with E-state index in [1.54, 1.807) is 10.4 Å². The van der Waals surface area contributed by atoms with Crippen LogP contribution in [0.5, 0.6) is 0 Å². The molecule has 4 unspecified atom stereocenters. The Morgan fingerprint density at radius 1 is 0.306 bits per heavy atom. The monoisotopic (exact) mass is 1350 g/mol. The van der Waals surface area contributed by atoms with Gasteiger partial charge in [0.1, 0.15) is 0 Å². The minimum Gasteiger partial charge on any atom is -1.00 e. The smallest absolute Gasteiger partial charge is 1.00 e. The average molecular weight is 1350 g/mol. The van der Waals surface area contributed by atoms with Gasteiger partial charge in [0.25, 0.3) is 0 Å². The first-order valence-electron chi connectivity index (χ1n) is 24.4. The van der Waals surface area contributed by atoms with Crippen molar-refractivity contribution in [3.05, 3.63) is 275 Å². The second kappa shape index (κ2) is 33.0. The van der Waals surface area contributed by atoms with Crippen molar-refractivity contribution in [2.75, 3.05) is 0 Å². The van der Waals surface area contributed by atoms with Crippen molar-refractivity contribution in [3.8, 4) is 0 Å². The number of hydrogen-bond donors (Lipinski definition) is 0. The molecule has 0 amide bonds. The van der Waals surface area contributed by atoms with Gasteiger partial charge in [0.05, 0.1) is 0 Å². The van der Waals surface area contributed by atoms with Crippen LogP contribution in [0.3, 0.4) is 0 Å². The van der Waals surface area contributed by atoms with Gasteiger partial charge in [-0.3, -0.25) is 24.3 Å². The summed E-state index contributed by atoms with van der Waals surface area (Å²) in [5.74, 6) is 1.87. The number of rotatable bonds is 6. The quantitative estimate of drug-likeness (QED) is 0.115. The molecular formula is C66H68Cl2Hf2Si2-2. The Labute approximate surface area is 477 Å². The molecular weight excluding hydrogens is 1280 g/mol. The summed E-state index contributed by atoms with van der Waals surface area (Å²) < 4.78 is 0. The van der Waals surface area contributed by atoms with E-state index in [4.69, 9.17) is 0 Å². The number of benzene rings is 6. The van der Waals surface area contributed by atoms with Crippen LogP contribution in [0.4, 0.5) is 0 Å². The standard InChI is InChI=1S/4C13H13.2C7H8Si.2ClH.2Hf/c4*1-10-8-11(2)13(9-10)12-6-4-3-5-7-12;2*1-8-7-5-3-2-4-6-7;;;;/h4*3-7,9-10H,1-2H3;2*2-6H,1H3;2*1H;;/q4*-1;;;;;2*+2/p-2. The van der Waals surface area contributed by atoms with Crippen LogP contribution >= 0.6 is 0 Å². The average Bonchev–Trinajstić information content (AvgIpc) is 4.13. The fraction of sp³-hybridized carbons (Fsp3) is 0.212. The van der Waals surface area contributed by atoms with E-state index in [0.717, 1.165) is 0 Å². The van der Waals surface area contributed by atoms with Crippen molar-refractivity contribution in [1.82, 2.24) is 0 Å². The van der Waals surface area contributed by atoms with Crippen LogP contribution in [0.15, 0.2) is 229 Å². The molecule has 4 atom stereocenters. The normalized spacial score (nSPS) is 17.6. The summed E-state index contributed by atoms with van der Waals surface area (Å²) >= 11 is 2.72. The van der Waals surface area contributed by atoms with Crippen molar-refractivity contribution in [2.24, 2.45) is 23.7 Å². The van der Waals surface area contributed by atoms with Crippen LogP contribution < -0.4 is 35.2 Å². The summed E-state index contributed by atoms with van der Waals surface area (Å²) in [6, 6.07) is 63.6. The minimum atomic E-state index is -0.0733. The first-order valence-corrected chi connectivity index (χ1v) is 39.2. The van der Waals surface area contributed by atoms with Gasteiger partial charge in [0.15, 0.2) is 0 Å². The van der Waals surface area contributed by atoms with Gasteiger partial charge in [-0.05, 0) is 0 Å². The molecule has 6 aromatic carbocycles. The molecule has 0 aromatic heterocycles. The predicted molar refractivity (Wildman–Crippen MR) is 299 cm³/mol. The minimum absolute atomic E-state index is 0. The molecule has 0 fully saturated rings. The topological polar surface area (TPSA) is 0 Å². The zero-order valence-corrected chi connectivity index (χ0v) is 54.4. The molecule has 6 aromatic rings. The molecule has 0 bridgehead atoms. The summed E-state index contributed by atoms with van der Waals surface area (Å²) in [4.78, 5) is 0. The van der Waals surface area contributed by atoms with Crippen molar-refractivity contribution in [2.45, 2.75) is 68.5 Å². The van der Waals surface area contributed by atoms with E-state index in [2.05, 4.69) is 275 Å². The van der Waals surface area contributed by atoms with Crippen LogP contribution in [0.25, 0.3) is 22.3 Å². The fourth-order valence-corrected chi connectivity index (χ4v) is 13.4. The maximum atomic E-state index is 3.39. The molecule has 10 rings (SSSR count). The van der Waals surface area contributed by atoms with Crippen LogP contribution in [-0.4, -0.2) is 11.0 Å². The molecule has 0 aliphatic heterocycles. The van der Waals surface area contributed by atoms with Crippen molar-refractivity contribution in [1.29, 1.82) is 0 Å². The van der Waals surface area contributed by atoms with Crippen molar-refractivity contribution in [3.63, 3.8) is 0 Å². The van der Waals surface area contributed by atoms with Crippen molar-refractivity contribution >= 4 is 43.7 Å². The van der Waals surface area contributed by atoms with E-state index >= 15 is 0 Å². The Balaban J connectivity index is 0.000000228. The van der Waals surface area contributed by atoms with Gasteiger partial charge in [-0.25, -0.2) is 22.3 Å². The van der Waals surface area contributed by atoms with Crippen molar-refractivity contribution < 1.29 is 70.8 Å². The third-order valence-electron chi connectivity index (χ3n) is 11.8. The first kappa shape index (κ1) is 62.3. The summed E-state index contributed by atoms with van der Waals surface area (Å²) in [6.45, 7) is 21.9. The maximum Gasteiger partial charge on any atom is -1.00 e. The van der Waals surface area contributed by atoms with E-state index in [1.165, 1.54) is 113 Å². The molecule has 72 heavy (non-hydrogen) atoms. The zero-order valence-electron chi connectivity index (χ0n) is 43.7. The fourth-order valence-electron chi connectivity index (χ4n) is 8.44. The summed E-state index contributed by atoms with van der Waals surface area (Å²) in [7, 11) is 0. The third kappa shape index (κ3) is 20.7. The molecule has 0 saturated carbocycles. The van der Waals surface area contributed by atoms with Crippen LogP contribution in [-0.2, 0) is 46.0 Å². The van der Waals surface area contributed by atoms with E-state index < -0.39 is 0 Å². The molecule has 0 N–H and O–H groups in total. The van der Waals surface area contributed by atoms with Gasteiger partial charge in [0, 0.05) is 0 Å². The van der Waals surface area contributed by atoms with Gasteiger partial charge in [0.2, 0.25) is 0 Å². The molecule has 6 heteroatoms. The largest absolute Gasteiger partial charge is 1.00 e. The summed E-state index contributed by atoms with van der Waals surface area (Å²) in [5.41, 5.74) is 15.5. The van der Waals surface area contributed by atoms with Gasteiger partial charge in [-0.2, -0.15) is 46.6 Å². The van der Waals surface area contributed by atoms with E-state index in [0.29, 0.717) is 23.7 Å². The SMILES string of the molecule is CC1=[C-]C(C)C=C1c1ccccc1.CC1=[C-]C(C)C=C1c1ccccc1.CC1=[C-]C(C)C=C1c1ccccc1.CC1=[C-]C(C)C=C1c1ccccc1.C[Si](=[Hf+2])c1ccccc1.C[Si](=[Hf+2])c1ccccc1.[Cl-].[Cl-].